The lowest BCUT2D eigenvalue weighted by Gasteiger charge is -2.37. The van der Waals surface area contributed by atoms with E-state index in [1.165, 1.54) is 0 Å². The number of carbonyl (C=O) groups excluding carboxylic acids is 1. The predicted molar refractivity (Wildman–Crippen MR) is 183 cm³/mol. The zero-order valence-corrected chi connectivity index (χ0v) is 26.5. The number of piperidine rings is 1. The molecule has 1 aliphatic heterocycles. The zero-order valence-electron chi connectivity index (χ0n) is 26.5. The maximum Gasteiger partial charge on any atom is 0.228 e. The molecule has 0 unspecified atom stereocenters. The predicted octanol–water partition coefficient (Wildman–Crippen LogP) is 8.41. The first-order chi connectivity index (χ1) is 22.9. The Morgan fingerprint density at radius 1 is 0.766 bits per heavy atom. The van der Waals surface area contributed by atoms with Crippen LogP contribution in [0.15, 0.2) is 121 Å². The number of anilines is 1. The van der Waals surface area contributed by atoms with Crippen molar-refractivity contribution in [2.24, 2.45) is 5.92 Å². The van der Waals surface area contributed by atoms with Crippen LogP contribution in [0.4, 0.5) is 14.6 Å². The molecule has 0 spiro atoms. The minimum atomic E-state index is -0.943. The van der Waals surface area contributed by atoms with Gasteiger partial charge in [0.05, 0.1) is 5.52 Å². The molecule has 1 N–H and O–H groups in total. The van der Waals surface area contributed by atoms with E-state index in [1.807, 2.05) is 71.4 Å². The number of likely N-dealkylation sites (tertiary alicyclic amines) is 1. The quantitative estimate of drug-likeness (QED) is 0.181. The fourth-order valence-corrected chi connectivity index (χ4v) is 6.90. The van der Waals surface area contributed by atoms with Crippen LogP contribution in [0.1, 0.15) is 35.1 Å². The summed E-state index contributed by atoms with van der Waals surface area (Å²) in [5.74, 6) is -1.63. The van der Waals surface area contributed by atoms with E-state index < -0.39 is 17.2 Å². The number of aromatic nitrogens is 2. The van der Waals surface area contributed by atoms with Gasteiger partial charge in [-0.05, 0) is 79.9 Å². The van der Waals surface area contributed by atoms with Crippen LogP contribution in [-0.2, 0) is 10.3 Å². The summed E-state index contributed by atoms with van der Waals surface area (Å²) < 4.78 is 32.0. The van der Waals surface area contributed by atoms with Crippen molar-refractivity contribution in [2.75, 3.05) is 25.5 Å². The topological polar surface area (TPSA) is 50.2 Å². The maximum absolute atomic E-state index is 15.3. The van der Waals surface area contributed by atoms with Crippen molar-refractivity contribution >= 4 is 22.6 Å². The second-order valence-electron chi connectivity index (χ2n) is 12.4. The molecule has 0 radical (unpaired) electrons. The molecule has 236 valence electrons. The van der Waals surface area contributed by atoms with Gasteiger partial charge in [0.1, 0.15) is 5.54 Å². The number of carbonyl (C=O) groups is 1. The molecule has 5 aromatic carbocycles. The number of amides is 1. The van der Waals surface area contributed by atoms with Crippen LogP contribution >= 0.6 is 0 Å². The molecule has 0 bridgehead atoms. The molecule has 1 saturated heterocycles. The zero-order chi connectivity index (χ0) is 32.5. The summed E-state index contributed by atoms with van der Waals surface area (Å²) in [6.07, 6.45) is 1.50. The first-order valence-electron chi connectivity index (χ1n) is 16.0. The number of aryl methyl sites for hydroxylation is 1. The molecule has 5 nitrogen and oxygen atoms in total. The number of benzene rings is 5. The first kappa shape index (κ1) is 30.5. The highest BCUT2D eigenvalue weighted by Gasteiger charge is 2.41. The normalized spacial score (nSPS) is 14.4. The van der Waals surface area contributed by atoms with E-state index >= 15 is 4.39 Å². The van der Waals surface area contributed by atoms with E-state index in [0.717, 1.165) is 48.1 Å². The van der Waals surface area contributed by atoms with E-state index in [4.69, 9.17) is 5.10 Å². The van der Waals surface area contributed by atoms with Crippen molar-refractivity contribution in [1.82, 2.24) is 14.7 Å². The standard InChI is InChI=1S/C40H36F2N4O/c1-27-18-20-33(37(42)36(27)41)29-19-21-35-34(26-29)38(43-39(47)28-22-24-45(2)25-23-28)44-46(35)40(30-12-6-3-7-13-30,31-14-8-4-9-15-31)32-16-10-5-11-17-32/h3-21,26,28H,22-25H2,1-2H3,(H,43,44,47). The monoisotopic (exact) mass is 626 g/mol. The molecule has 1 fully saturated rings. The molecule has 7 heteroatoms. The number of fused-ring (bicyclic) bond motifs is 1. The largest absolute Gasteiger partial charge is 0.308 e. The lowest BCUT2D eigenvalue weighted by atomic mass is 9.77. The number of hydrogen-bond donors (Lipinski definition) is 1. The molecular weight excluding hydrogens is 590 g/mol. The molecule has 1 amide bonds. The second-order valence-corrected chi connectivity index (χ2v) is 12.4. The van der Waals surface area contributed by atoms with Crippen LogP contribution in [0.2, 0.25) is 0 Å². The molecule has 2 heterocycles. The lowest BCUT2D eigenvalue weighted by molar-refractivity contribution is -0.121. The van der Waals surface area contributed by atoms with Crippen molar-refractivity contribution in [3.8, 4) is 11.1 Å². The van der Waals surface area contributed by atoms with Gasteiger partial charge in [0, 0.05) is 16.9 Å². The van der Waals surface area contributed by atoms with Gasteiger partial charge in [0.2, 0.25) is 5.91 Å². The number of rotatable bonds is 7. The minimum Gasteiger partial charge on any atom is -0.308 e. The third-order valence-electron chi connectivity index (χ3n) is 9.49. The van der Waals surface area contributed by atoms with Crippen molar-refractivity contribution < 1.29 is 13.6 Å². The van der Waals surface area contributed by atoms with Gasteiger partial charge in [-0.3, -0.25) is 4.79 Å². The van der Waals surface area contributed by atoms with Crippen LogP contribution < -0.4 is 5.32 Å². The number of halogens is 2. The molecule has 1 aromatic heterocycles. The summed E-state index contributed by atoms with van der Waals surface area (Å²) in [5.41, 5.74) is 3.61. The molecular formula is C40H36F2N4O. The van der Waals surface area contributed by atoms with Gasteiger partial charge in [0.25, 0.3) is 0 Å². The van der Waals surface area contributed by atoms with Gasteiger partial charge >= 0.3 is 0 Å². The fourth-order valence-electron chi connectivity index (χ4n) is 6.90. The van der Waals surface area contributed by atoms with Crippen LogP contribution in [0.25, 0.3) is 22.0 Å². The third-order valence-corrected chi connectivity index (χ3v) is 9.49. The van der Waals surface area contributed by atoms with Crippen molar-refractivity contribution in [1.29, 1.82) is 0 Å². The molecule has 47 heavy (non-hydrogen) atoms. The van der Waals surface area contributed by atoms with Gasteiger partial charge in [-0.1, -0.05) is 109 Å². The Morgan fingerprint density at radius 3 is 1.87 bits per heavy atom. The summed E-state index contributed by atoms with van der Waals surface area (Å²) in [6.45, 7) is 3.23. The highest BCUT2D eigenvalue weighted by atomic mass is 19.2. The average Bonchev–Trinajstić information content (AvgIpc) is 3.46. The summed E-state index contributed by atoms with van der Waals surface area (Å²) in [4.78, 5) is 16.0. The number of hydrogen-bond acceptors (Lipinski definition) is 3. The molecule has 7 rings (SSSR count). The fraction of sp³-hybridized carbons (Fsp3) is 0.200. The van der Waals surface area contributed by atoms with Gasteiger partial charge in [0.15, 0.2) is 17.5 Å². The lowest BCUT2D eigenvalue weighted by Crippen LogP contribution is -2.39. The Labute approximate surface area is 273 Å². The average molecular weight is 627 g/mol. The smallest absolute Gasteiger partial charge is 0.228 e. The van der Waals surface area contributed by atoms with Crippen LogP contribution in [-0.4, -0.2) is 40.7 Å². The van der Waals surface area contributed by atoms with E-state index in [0.29, 0.717) is 16.8 Å². The molecule has 6 aromatic rings. The Morgan fingerprint density at radius 2 is 1.32 bits per heavy atom. The Hall–Kier alpha value is -5.14. The summed E-state index contributed by atoms with van der Waals surface area (Å²) in [7, 11) is 2.06. The number of nitrogens with one attached hydrogen (secondary N) is 1. The minimum absolute atomic E-state index is 0.0904. The van der Waals surface area contributed by atoms with Gasteiger partial charge in [-0.25, -0.2) is 13.5 Å². The first-order valence-corrected chi connectivity index (χ1v) is 16.0. The summed E-state index contributed by atoms with van der Waals surface area (Å²) in [5, 5.41) is 9.04. The second kappa shape index (κ2) is 12.6. The molecule has 1 aliphatic rings. The molecule has 0 atom stereocenters. The highest BCUT2D eigenvalue weighted by Crippen LogP contribution is 2.44. The Bertz CT molecular complexity index is 1940. The summed E-state index contributed by atoms with van der Waals surface area (Å²) in [6, 6.07) is 39.2. The van der Waals surface area contributed by atoms with Gasteiger partial charge < -0.3 is 10.2 Å². The Kier molecular flexibility index (Phi) is 8.16. The maximum atomic E-state index is 15.3. The van der Waals surface area contributed by atoms with Gasteiger partial charge in [-0.15, -0.1) is 0 Å². The van der Waals surface area contributed by atoms with Crippen LogP contribution in [0.3, 0.4) is 0 Å². The third kappa shape index (κ3) is 5.40. The van der Waals surface area contributed by atoms with Gasteiger partial charge in [-0.2, -0.15) is 5.10 Å². The van der Waals surface area contributed by atoms with E-state index in [2.05, 4.69) is 53.7 Å². The van der Waals surface area contributed by atoms with E-state index in [1.54, 1.807) is 25.1 Å². The van der Waals surface area contributed by atoms with E-state index in [-0.39, 0.29) is 23.0 Å². The SMILES string of the molecule is Cc1ccc(-c2ccc3c(c2)c(NC(=O)C2CCN(C)CC2)nn3C(c2ccccc2)(c2ccccc2)c2ccccc2)c(F)c1F. The summed E-state index contributed by atoms with van der Waals surface area (Å²) >= 11 is 0. The molecule has 0 saturated carbocycles. The van der Waals surface area contributed by atoms with Crippen LogP contribution in [0.5, 0.6) is 0 Å². The Balaban J connectivity index is 1.51. The van der Waals surface area contributed by atoms with Crippen molar-refractivity contribution in [3.63, 3.8) is 0 Å². The highest BCUT2D eigenvalue weighted by molar-refractivity contribution is 6.02. The van der Waals surface area contributed by atoms with E-state index in [9.17, 15) is 9.18 Å². The number of nitrogens with zero attached hydrogens (tertiary/aromatic N) is 3. The molecule has 0 aliphatic carbocycles. The van der Waals surface area contributed by atoms with Crippen LogP contribution in [0, 0.1) is 24.5 Å². The van der Waals surface area contributed by atoms with Crippen molar-refractivity contribution in [2.45, 2.75) is 25.3 Å². The van der Waals surface area contributed by atoms with Crippen molar-refractivity contribution in [3.05, 3.63) is 155 Å².